The van der Waals surface area contributed by atoms with Crippen LogP contribution in [-0.4, -0.2) is 34.8 Å². The van der Waals surface area contributed by atoms with E-state index in [0.29, 0.717) is 32.9 Å². The zero-order chi connectivity index (χ0) is 22.8. The molecule has 5 nitrogen and oxygen atoms in total. The SMILES string of the molecule is CCCCN1C(=O)/C(=C2/Sc3ccc(Cl)cc3N2CC)SC1=Nc1cccc(C(C)=O)c1. The monoisotopic (exact) mass is 485 g/mol. The summed E-state index contributed by atoms with van der Waals surface area (Å²) in [5.41, 5.74) is 2.30. The van der Waals surface area contributed by atoms with E-state index in [-0.39, 0.29) is 11.7 Å². The van der Waals surface area contributed by atoms with Gasteiger partial charge < -0.3 is 4.90 Å². The standard InChI is InChI=1S/C24H24ClN3O2S2/c1-4-6-12-28-22(30)21(23-27(5-2)19-14-17(25)10-11-20(19)31-23)32-24(28)26-18-9-7-8-16(13-18)15(3)29/h7-11,13-14H,4-6,12H2,1-3H3/b23-21-,26-24?. The zero-order valence-corrected chi connectivity index (χ0v) is 20.6. The number of aliphatic imine (C=N–C) groups is 1. The molecule has 0 bridgehead atoms. The zero-order valence-electron chi connectivity index (χ0n) is 18.2. The van der Waals surface area contributed by atoms with Crippen molar-refractivity contribution in [1.82, 2.24) is 4.90 Å². The van der Waals surface area contributed by atoms with Crippen molar-refractivity contribution in [3.63, 3.8) is 0 Å². The second kappa shape index (κ2) is 9.73. The van der Waals surface area contributed by atoms with Crippen molar-refractivity contribution in [2.75, 3.05) is 18.0 Å². The Labute approximate surface area is 201 Å². The van der Waals surface area contributed by atoms with Gasteiger partial charge in [0.25, 0.3) is 5.91 Å². The van der Waals surface area contributed by atoms with Crippen LogP contribution in [0.5, 0.6) is 0 Å². The molecule has 1 fully saturated rings. The average Bonchev–Trinajstić information content (AvgIpc) is 3.28. The number of ketones is 1. The molecule has 0 atom stereocenters. The molecule has 0 saturated carbocycles. The number of hydrogen-bond donors (Lipinski definition) is 0. The summed E-state index contributed by atoms with van der Waals surface area (Å²) >= 11 is 9.24. The van der Waals surface area contributed by atoms with Gasteiger partial charge in [0.2, 0.25) is 0 Å². The summed E-state index contributed by atoms with van der Waals surface area (Å²) in [6, 6.07) is 13.0. The topological polar surface area (TPSA) is 53.0 Å². The number of fused-ring (bicyclic) bond motifs is 1. The van der Waals surface area contributed by atoms with Crippen molar-refractivity contribution in [3.8, 4) is 0 Å². The lowest BCUT2D eigenvalue weighted by molar-refractivity contribution is -0.122. The number of carbonyl (C=O) groups excluding carboxylic acids is 2. The quantitative estimate of drug-likeness (QED) is 0.336. The van der Waals surface area contributed by atoms with Crippen LogP contribution in [0.15, 0.2) is 62.3 Å². The first kappa shape index (κ1) is 23.0. The van der Waals surface area contributed by atoms with Crippen LogP contribution >= 0.6 is 35.1 Å². The van der Waals surface area contributed by atoms with E-state index in [1.54, 1.807) is 28.8 Å². The van der Waals surface area contributed by atoms with E-state index in [4.69, 9.17) is 16.6 Å². The fourth-order valence-electron chi connectivity index (χ4n) is 3.58. The minimum absolute atomic E-state index is 0.00906. The van der Waals surface area contributed by atoms with Gasteiger partial charge in [-0.3, -0.25) is 14.5 Å². The second-order valence-corrected chi connectivity index (χ2v) is 9.95. The van der Waals surface area contributed by atoms with Gasteiger partial charge >= 0.3 is 0 Å². The third kappa shape index (κ3) is 4.47. The van der Waals surface area contributed by atoms with E-state index in [1.807, 2.05) is 30.3 Å². The Bertz CT molecular complexity index is 1150. The molecule has 0 aromatic heterocycles. The number of amidine groups is 1. The van der Waals surface area contributed by atoms with Crippen LogP contribution in [0.3, 0.4) is 0 Å². The third-order valence-electron chi connectivity index (χ3n) is 5.25. The summed E-state index contributed by atoms with van der Waals surface area (Å²) in [4.78, 5) is 35.7. The van der Waals surface area contributed by atoms with Gasteiger partial charge in [-0.15, -0.1) is 0 Å². The Balaban J connectivity index is 1.75. The first-order valence-electron chi connectivity index (χ1n) is 10.6. The molecule has 2 heterocycles. The summed E-state index contributed by atoms with van der Waals surface area (Å²) in [6.07, 6.45) is 1.87. The molecule has 8 heteroatoms. The Hall–Kier alpha value is -2.22. The van der Waals surface area contributed by atoms with E-state index in [0.717, 1.165) is 35.0 Å². The van der Waals surface area contributed by atoms with Gasteiger partial charge in [0, 0.05) is 28.6 Å². The minimum Gasteiger partial charge on any atom is -0.334 e. The van der Waals surface area contributed by atoms with Crippen molar-refractivity contribution in [2.24, 2.45) is 4.99 Å². The molecular formula is C24H24ClN3O2S2. The number of halogens is 1. The summed E-state index contributed by atoms with van der Waals surface area (Å²) in [7, 11) is 0. The van der Waals surface area contributed by atoms with Gasteiger partial charge in [-0.25, -0.2) is 4.99 Å². The van der Waals surface area contributed by atoms with E-state index in [1.165, 1.54) is 18.7 Å². The first-order chi connectivity index (χ1) is 15.4. The maximum Gasteiger partial charge on any atom is 0.269 e. The van der Waals surface area contributed by atoms with Crippen LogP contribution in [0.2, 0.25) is 5.02 Å². The van der Waals surface area contributed by atoms with Crippen LogP contribution in [0, 0.1) is 0 Å². The fraction of sp³-hybridized carbons (Fsp3) is 0.292. The van der Waals surface area contributed by atoms with Gasteiger partial charge in [0.1, 0.15) is 9.93 Å². The molecule has 0 unspecified atom stereocenters. The van der Waals surface area contributed by atoms with E-state index >= 15 is 0 Å². The molecule has 0 N–H and O–H groups in total. The third-order valence-corrected chi connectivity index (χ3v) is 7.86. The molecule has 0 radical (unpaired) electrons. The van der Waals surface area contributed by atoms with Crippen molar-refractivity contribution in [2.45, 2.75) is 38.5 Å². The number of amides is 1. The number of nitrogens with zero attached hydrogens (tertiary/aromatic N) is 3. The number of thioether (sulfide) groups is 2. The Morgan fingerprint density at radius 1 is 1.09 bits per heavy atom. The predicted octanol–water partition coefficient (Wildman–Crippen LogP) is 6.71. The molecule has 166 valence electrons. The Kier molecular flexibility index (Phi) is 6.98. The maximum absolute atomic E-state index is 13.5. The molecular weight excluding hydrogens is 462 g/mol. The molecule has 32 heavy (non-hydrogen) atoms. The largest absolute Gasteiger partial charge is 0.334 e. The highest BCUT2D eigenvalue weighted by molar-refractivity contribution is 8.19. The molecule has 1 saturated heterocycles. The molecule has 0 spiro atoms. The van der Waals surface area contributed by atoms with Gasteiger partial charge in [-0.05, 0) is 62.4 Å². The summed E-state index contributed by atoms with van der Waals surface area (Å²) in [5, 5.41) is 2.25. The number of carbonyl (C=O) groups is 2. The highest BCUT2D eigenvalue weighted by atomic mass is 35.5. The number of rotatable bonds is 6. The second-order valence-electron chi connectivity index (χ2n) is 7.51. The highest BCUT2D eigenvalue weighted by Crippen LogP contribution is 2.51. The molecule has 1 amide bonds. The Morgan fingerprint density at radius 2 is 1.91 bits per heavy atom. The molecule has 2 aliphatic heterocycles. The molecule has 4 rings (SSSR count). The van der Waals surface area contributed by atoms with E-state index in [9.17, 15) is 9.59 Å². The molecule has 2 aromatic rings. The van der Waals surface area contributed by atoms with E-state index in [2.05, 4.69) is 18.7 Å². The van der Waals surface area contributed by atoms with Crippen molar-refractivity contribution >= 4 is 63.4 Å². The van der Waals surface area contributed by atoms with Crippen LogP contribution < -0.4 is 4.90 Å². The number of anilines is 1. The lowest BCUT2D eigenvalue weighted by Crippen LogP contribution is -2.30. The van der Waals surface area contributed by atoms with Crippen molar-refractivity contribution < 1.29 is 9.59 Å². The average molecular weight is 486 g/mol. The minimum atomic E-state index is -0.0234. The molecule has 0 aliphatic carbocycles. The number of hydrogen-bond acceptors (Lipinski definition) is 6. The lowest BCUT2D eigenvalue weighted by atomic mass is 10.1. The van der Waals surface area contributed by atoms with Gasteiger partial charge in [-0.1, -0.05) is 48.8 Å². The predicted molar refractivity (Wildman–Crippen MR) is 135 cm³/mol. The number of benzene rings is 2. The van der Waals surface area contributed by atoms with E-state index < -0.39 is 0 Å². The first-order valence-corrected chi connectivity index (χ1v) is 12.6. The van der Waals surface area contributed by atoms with Gasteiger partial charge in [-0.2, -0.15) is 0 Å². The molecule has 2 aliphatic rings. The summed E-state index contributed by atoms with van der Waals surface area (Å²) in [6.45, 7) is 7.05. The van der Waals surface area contributed by atoms with Crippen molar-refractivity contribution in [1.29, 1.82) is 0 Å². The number of unbranched alkanes of at least 4 members (excludes halogenated alkanes) is 1. The van der Waals surface area contributed by atoms with Crippen LogP contribution in [0.4, 0.5) is 11.4 Å². The summed E-state index contributed by atoms with van der Waals surface area (Å²) < 4.78 is 0. The van der Waals surface area contributed by atoms with Crippen molar-refractivity contribution in [3.05, 3.63) is 63.0 Å². The number of Topliss-reactive ketones (excluding diaryl/α,β-unsaturated/α-hetero) is 1. The van der Waals surface area contributed by atoms with Crippen LogP contribution in [-0.2, 0) is 4.79 Å². The maximum atomic E-state index is 13.5. The highest BCUT2D eigenvalue weighted by Gasteiger charge is 2.39. The summed E-state index contributed by atoms with van der Waals surface area (Å²) in [5.74, 6) is -0.0324. The van der Waals surface area contributed by atoms with Crippen LogP contribution in [0.1, 0.15) is 44.0 Å². The molecule has 2 aromatic carbocycles. The fourth-order valence-corrected chi connectivity index (χ4v) is 6.14. The van der Waals surface area contributed by atoms with Crippen LogP contribution in [0.25, 0.3) is 0 Å². The smallest absolute Gasteiger partial charge is 0.269 e. The lowest BCUT2D eigenvalue weighted by Gasteiger charge is -2.19. The Morgan fingerprint density at radius 3 is 2.62 bits per heavy atom. The van der Waals surface area contributed by atoms with Gasteiger partial charge in [0.05, 0.1) is 11.4 Å². The normalized spacial score (nSPS) is 19.2. The van der Waals surface area contributed by atoms with Gasteiger partial charge in [0.15, 0.2) is 11.0 Å².